The predicted molar refractivity (Wildman–Crippen MR) is 158 cm³/mol. The molecule has 0 saturated carbocycles. The van der Waals surface area contributed by atoms with Crippen molar-refractivity contribution in [2.24, 2.45) is 23.5 Å². The molecule has 12 nitrogen and oxygen atoms in total. The fourth-order valence-corrected chi connectivity index (χ4v) is 5.49. The number of alkyl carbamates (subject to hydrolysis) is 1. The van der Waals surface area contributed by atoms with Crippen molar-refractivity contribution in [3.63, 3.8) is 0 Å². The van der Waals surface area contributed by atoms with Gasteiger partial charge in [0.05, 0.1) is 18.5 Å². The second kappa shape index (κ2) is 16.1. The van der Waals surface area contributed by atoms with E-state index in [0.29, 0.717) is 19.4 Å². The van der Waals surface area contributed by atoms with Crippen molar-refractivity contribution in [3.8, 4) is 6.07 Å². The molecule has 6 atom stereocenters. The van der Waals surface area contributed by atoms with Crippen LogP contribution in [0.25, 0.3) is 0 Å². The second-order valence-corrected chi connectivity index (χ2v) is 11.7. The molecule has 0 spiro atoms. The number of hydrogen-bond donors (Lipinski definition) is 4. The zero-order chi connectivity index (χ0) is 32.3. The van der Waals surface area contributed by atoms with E-state index in [9.17, 15) is 34.3 Å². The Morgan fingerprint density at radius 2 is 1.79 bits per heavy atom. The SMILES string of the molecule is CC[C@H](C)[C@H](NC(=O)[C@]1(C(=O)C(N)C(CC(C)C)C(=O)[C@H](CC#N)NC(=O)OCc2ccccc2)CCCN1C)C(=O)O. The molecule has 1 aromatic carbocycles. The Morgan fingerprint density at radius 1 is 1.14 bits per heavy atom. The monoisotopic (exact) mass is 599 g/mol. The third-order valence-electron chi connectivity index (χ3n) is 8.20. The second-order valence-electron chi connectivity index (χ2n) is 11.7. The van der Waals surface area contributed by atoms with Gasteiger partial charge < -0.3 is 26.2 Å². The molecule has 1 fully saturated rings. The molecule has 2 amide bonds. The Bertz CT molecular complexity index is 1180. The molecule has 2 unspecified atom stereocenters. The van der Waals surface area contributed by atoms with Gasteiger partial charge in [-0.05, 0) is 50.3 Å². The topological polar surface area (TPSA) is 192 Å². The number of rotatable bonds is 16. The molecule has 1 saturated heterocycles. The van der Waals surface area contributed by atoms with Crippen LogP contribution in [0.15, 0.2) is 30.3 Å². The van der Waals surface area contributed by atoms with Crippen molar-refractivity contribution in [1.29, 1.82) is 5.26 Å². The van der Waals surface area contributed by atoms with E-state index in [1.165, 1.54) is 0 Å². The molecule has 43 heavy (non-hydrogen) atoms. The summed E-state index contributed by atoms with van der Waals surface area (Å²) in [4.78, 5) is 67.9. The van der Waals surface area contributed by atoms with Crippen molar-refractivity contribution in [1.82, 2.24) is 15.5 Å². The van der Waals surface area contributed by atoms with Gasteiger partial charge in [0.15, 0.2) is 17.1 Å². The van der Waals surface area contributed by atoms with Crippen LogP contribution in [0.1, 0.15) is 65.4 Å². The van der Waals surface area contributed by atoms with Crippen molar-refractivity contribution >= 4 is 29.5 Å². The van der Waals surface area contributed by atoms with Crippen LogP contribution >= 0.6 is 0 Å². The van der Waals surface area contributed by atoms with Crippen LogP contribution in [0.3, 0.4) is 0 Å². The van der Waals surface area contributed by atoms with Gasteiger partial charge in [0.1, 0.15) is 18.7 Å². The summed E-state index contributed by atoms with van der Waals surface area (Å²) >= 11 is 0. The molecule has 1 aromatic rings. The standard InChI is InChI=1S/C31H45N5O7/c1-6-20(4)25(28(39)40)35-29(41)31(14-10-16-36(31)5)27(38)24(33)22(17-19(2)3)26(37)23(13-15-32)34-30(42)43-18-21-11-8-7-9-12-21/h7-9,11-12,19-20,22-25H,6,10,13-14,16-18,33H2,1-5H3,(H,34,42)(H,35,41)(H,39,40)/t20-,22?,23-,24?,25-,31+/m0/s1. The first-order valence-corrected chi connectivity index (χ1v) is 14.7. The molecular weight excluding hydrogens is 554 g/mol. The number of nitriles is 1. The summed E-state index contributed by atoms with van der Waals surface area (Å²) in [7, 11) is 1.60. The number of carboxylic acid groups (broad SMARTS) is 1. The summed E-state index contributed by atoms with van der Waals surface area (Å²) in [5.74, 6) is -4.95. The molecule has 2 rings (SSSR count). The van der Waals surface area contributed by atoms with Gasteiger partial charge in [-0.3, -0.25) is 19.3 Å². The number of nitrogens with one attached hydrogen (secondary N) is 2. The first kappa shape index (κ1) is 35.4. The highest BCUT2D eigenvalue weighted by atomic mass is 16.5. The largest absolute Gasteiger partial charge is 0.480 e. The number of Topliss-reactive ketones (excluding diaryl/α,β-unsaturated/α-hetero) is 2. The van der Waals surface area contributed by atoms with Gasteiger partial charge in [-0.15, -0.1) is 0 Å². The molecule has 0 aromatic heterocycles. The maximum Gasteiger partial charge on any atom is 0.408 e. The van der Waals surface area contributed by atoms with Gasteiger partial charge in [0.2, 0.25) is 5.91 Å². The summed E-state index contributed by atoms with van der Waals surface area (Å²) in [6.07, 6.45) is -0.0619. The number of carbonyl (C=O) groups excluding carboxylic acids is 4. The lowest BCUT2D eigenvalue weighted by Gasteiger charge is -2.38. The summed E-state index contributed by atoms with van der Waals surface area (Å²) in [6, 6.07) is 6.84. The fourth-order valence-electron chi connectivity index (χ4n) is 5.49. The molecule has 236 valence electrons. The van der Waals surface area contributed by atoms with Gasteiger partial charge in [-0.2, -0.15) is 5.26 Å². The smallest absolute Gasteiger partial charge is 0.408 e. The van der Waals surface area contributed by atoms with E-state index < -0.39 is 65.0 Å². The van der Waals surface area contributed by atoms with Gasteiger partial charge in [-0.25, -0.2) is 9.59 Å². The van der Waals surface area contributed by atoms with Crippen LogP contribution in [-0.4, -0.2) is 76.8 Å². The number of amides is 2. The van der Waals surface area contributed by atoms with Crippen LogP contribution < -0.4 is 16.4 Å². The lowest BCUT2D eigenvalue weighted by atomic mass is 9.76. The third kappa shape index (κ3) is 8.84. The average Bonchev–Trinajstić information content (AvgIpc) is 3.37. The highest BCUT2D eigenvalue weighted by Gasteiger charge is 2.55. The maximum absolute atomic E-state index is 14.2. The molecule has 1 heterocycles. The van der Waals surface area contributed by atoms with Crippen molar-refractivity contribution < 1.29 is 33.8 Å². The minimum Gasteiger partial charge on any atom is -0.480 e. The van der Waals surface area contributed by atoms with Crippen LogP contribution in [0, 0.1) is 29.1 Å². The molecule has 12 heteroatoms. The molecule has 0 aliphatic carbocycles. The highest BCUT2D eigenvalue weighted by Crippen LogP contribution is 2.33. The number of aliphatic carboxylic acids is 1. The van der Waals surface area contributed by atoms with Crippen LogP contribution in [-0.2, 0) is 30.5 Å². The molecule has 0 radical (unpaired) electrons. The summed E-state index contributed by atoms with van der Waals surface area (Å²) < 4.78 is 5.23. The number of likely N-dealkylation sites (N-methyl/N-ethyl adjacent to an activating group) is 1. The van der Waals surface area contributed by atoms with Gasteiger partial charge in [0, 0.05) is 5.92 Å². The van der Waals surface area contributed by atoms with Crippen LogP contribution in [0.2, 0.25) is 0 Å². The maximum atomic E-state index is 14.2. The number of carbonyl (C=O) groups is 5. The number of ether oxygens (including phenoxy) is 1. The molecule has 1 aliphatic heterocycles. The van der Waals surface area contributed by atoms with Gasteiger partial charge in [0.25, 0.3) is 0 Å². The molecule has 0 bridgehead atoms. The predicted octanol–water partition coefficient (Wildman–Crippen LogP) is 2.40. The molecule has 1 aliphatic rings. The number of hydrogen-bond acceptors (Lipinski definition) is 9. The fraction of sp³-hybridized carbons (Fsp3) is 0.613. The lowest BCUT2D eigenvalue weighted by Crippen LogP contribution is -2.67. The zero-order valence-corrected chi connectivity index (χ0v) is 25.7. The summed E-state index contributed by atoms with van der Waals surface area (Å²) in [6.45, 7) is 7.52. The average molecular weight is 600 g/mol. The van der Waals surface area contributed by atoms with Crippen molar-refractivity contribution in [2.75, 3.05) is 13.6 Å². The van der Waals surface area contributed by atoms with E-state index in [2.05, 4.69) is 10.6 Å². The number of ketones is 2. The van der Waals surface area contributed by atoms with Gasteiger partial charge >= 0.3 is 12.1 Å². The highest BCUT2D eigenvalue weighted by molar-refractivity contribution is 6.14. The van der Waals surface area contributed by atoms with E-state index >= 15 is 0 Å². The van der Waals surface area contributed by atoms with Gasteiger partial charge in [-0.1, -0.05) is 64.4 Å². The third-order valence-corrected chi connectivity index (χ3v) is 8.20. The zero-order valence-electron chi connectivity index (χ0n) is 25.7. The van der Waals surface area contributed by atoms with E-state index in [1.807, 2.05) is 26.0 Å². The Hall–Kier alpha value is -3.82. The Balaban J connectivity index is 2.35. The number of nitrogens with zero attached hydrogens (tertiary/aromatic N) is 2. The minimum absolute atomic E-state index is 0.0501. The van der Waals surface area contributed by atoms with E-state index in [1.54, 1.807) is 50.1 Å². The number of benzene rings is 1. The Kier molecular flexibility index (Phi) is 13.3. The minimum atomic E-state index is -1.77. The van der Waals surface area contributed by atoms with Crippen LogP contribution in [0.4, 0.5) is 4.79 Å². The van der Waals surface area contributed by atoms with Crippen LogP contribution in [0.5, 0.6) is 0 Å². The normalized spacial score (nSPS) is 20.2. The molecule has 5 N–H and O–H groups in total. The summed E-state index contributed by atoms with van der Waals surface area (Å²) in [5.41, 5.74) is 5.49. The van der Waals surface area contributed by atoms with Crippen molar-refractivity contribution in [3.05, 3.63) is 35.9 Å². The summed E-state index contributed by atoms with van der Waals surface area (Å²) in [5, 5.41) is 24.2. The quantitative estimate of drug-likeness (QED) is 0.205. The molecular formula is C31H45N5O7. The first-order chi connectivity index (χ1) is 20.3. The van der Waals surface area contributed by atoms with E-state index in [-0.39, 0.29) is 31.8 Å². The van der Waals surface area contributed by atoms with Crippen molar-refractivity contribution in [2.45, 2.75) is 90.1 Å². The number of carboxylic acids is 1. The Morgan fingerprint density at radius 3 is 2.30 bits per heavy atom. The van der Waals surface area contributed by atoms with E-state index in [4.69, 9.17) is 10.5 Å². The number of likely N-dealkylation sites (tertiary alicyclic amines) is 1. The first-order valence-electron chi connectivity index (χ1n) is 14.7. The number of nitrogens with two attached hydrogens (primary N) is 1. The lowest BCUT2D eigenvalue weighted by molar-refractivity contribution is -0.150. The Labute approximate surface area is 253 Å². The van der Waals surface area contributed by atoms with E-state index in [0.717, 1.165) is 5.56 Å².